The fourth-order valence-electron chi connectivity index (χ4n) is 1.88. The molecule has 0 amide bonds. The van der Waals surface area contributed by atoms with Crippen LogP contribution in [-0.2, 0) is 42.6 Å². The van der Waals surface area contributed by atoms with Crippen LogP contribution in [0.1, 0.15) is 0 Å². The Morgan fingerprint density at radius 3 is 1.34 bits per heavy atom. The van der Waals surface area contributed by atoms with Crippen molar-refractivity contribution in [3.63, 3.8) is 0 Å². The van der Waals surface area contributed by atoms with Gasteiger partial charge in [-0.1, -0.05) is 12.1 Å². The van der Waals surface area contributed by atoms with Gasteiger partial charge in [-0.3, -0.25) is 10.4 Å². The third-order valence-corrected chi connectivity index (χ3v) is 4.74. The van der Waals surface area contributed by atoms with E-state index < -0.39 is 20.2 Å². The summed E-state index contributed by atoms with van der Waals surface area (Å²) < 4.78 is 63.4. The number of fused-ring (bicyclic) bond motifs is 2. The van der Waals surface area contributed by atoms with E-state index in [0.29, 0.717) is 22.1 Å². The van der Waals surface area contributed by atoms with E-state index >= 15 is 0 Å². The molecule has 2 heterocycles. The van der Waals surface area contributed by atoms with Gasteiger partial charge in [0, 0.05) is 0 Å². The molecule has 0 spiro atoms. The zero-order valence-electron chi connectivity index (χ0n) is 14.7. The Bertz CT molecular complexity index is 1210. The van der Waals surface area contributed by atoms with Gasteiger partial charge in [0.2, 0.25) is 0 Å². The smallest absolute Gasteiger partial charge is 0.744 e. The first kappa shape index (κ1) is 28.8. The molecule has 0 aliphatic heterocycles. The number of hydrogen-bond acceptors (Lipinski definition) is 10. The van der Waals surface area contributed by atoms with Gasteiger partial charge < -0.3 is 29.5 Å². The van der Waals surface area contributed by atoms with Crippen molar-refractivity contribution >= 4 is 42.3 Å². The van der Waals surface area contributed by atoms with Crippen LogP contribution in [0.4, 0.5) is 0 Å². The molecule has 0 radical (unpaired) electrons. The number of rotatable bonds is 2. The largest absolute Gasteiger partial charge is 3.00 e. The monoisotopic (exact) mass is 637 g/mol. The maximum absolute atomic E-state index is 10.6. The maximum atomic E-state index is 10.6. The topological polar surface area (TPSA) is 194 Å². The van der Waals surface area contributed by atoms with Crippen LogP contribution < -0.4 is 69.3 Å². The molecule has 144 valence electrons. The van der Waals surface area contributed by atoms with Crippen LogP contribution in [0.3, 0.4) is 0 Å². The van der Waals surface area contributed by atoms with Crippen LogP contribution in [0.5, 0.6) is 0 Å². The molecule has 4 aromatic rings. The van der Waals surface area contributed by atoms with Crippen LogP contribution in [0.2, 0.25) is 0 Å². The Morgan fingerprint density at radius 2 is 1.03 bits per heavy atom. The van der Waals surface area contributed by atoms with E-state index in [-0.39, 0.29) is 91.3 Å². The molecule has 0 N–H and O–H groups in total. The predicted molar refractivity (Wildman–Crippen MR) is 81.6 cm³/mol. The van der Waals surface area contributed by atoms with Crippen molar-refractivity contribution in [2.24, 2.45) is 0 Å². The van der Waals surface area contributed by atoms with E-state index in [9.17, 15) is 25.9 Å². The summed E-state index contributed by atoms with van der Waals surface area (Å²) in [7, 11) is -8.84. The van der Waals surface area contributed by atoms with Crippen LogP contribution in [0, 0.1) is 0 Å². The molecular weight excluding hydrogens is 631 g/mol. The molecule has 2 aromatic carbocycles. The average Bonchev–Trinajstić information content (AvgIpc) is 3.21. The molecule has 0 saturated heterocycles. The van der Waals surface area contributed by atoms with Crippen molar-refractivity contribution in [1.82, 2.24) is 30.8 Å². The van der Waals surface area contributed by atoms with E-state index in [1.165, 1.54) is 24.3 Å². The molecule has 4 rings (SSSR count). The van der Waals surface area contributed by atoms with Crippen LogP contribution >= 0.6 is 0 Å². The summed E-state index contributed by atoms with van der Waals surface area (Å²) in [6.07, 6.45) is 0. The zero-order valence-corrected chi connectivity index (χ0v) is 22.5. The van der Waals surface area contributed by atoms with Gasteiger partial charge in [-0.15, -0.1) is 0 Å². The molecule has 0 saturated carbocycles. The molecule has 12 nitrogen and oxygen atoms in total. The van der Waals surface area contributed by atoms with Crippen molar-refractivity contribution in [2.75, 3.05) is 0 Å². The van der Waals surface area contributed by atoms with E-state index in [0.717, 1.165) is 12.1 Å². The predicted octanol–water partition coefficient (Wildman–Crippen LogP) is -7.01. The summed E-state index contributed by atoms with van der Waals surface area (Å²) in [5.41, 5.74) is 1.54. The summed E-state index contributed by atoms with van der Waals surface area (Å²) in [5, 5.41) is 20.9. The second-order valence-corrected chi connectivity index (χ2v) is 7.55. The van der Waals surface area contributed by atoms with Crippen molar-refractivity contribution < 1.29 is 107 Å². The Hall–Kier alpha value is -0.200. The minimum atomic E-state index is -4.42. The molecular formula is C12H6AuN6Na2O6S2+. The number of nitrogens with zero attached hydrogens (tertiary/aromatic N) is 6. The van der Waals surface area contributed by atoms with Gasteiger partial charge in [0.15, 0.2) is 0 Å². The first-order chi connectivity index (χ1) is 12.1. The zero-order chi connectivity index (χ0) is 18.9. The minimum Gasteiger partial charge on any atom is -0.744 e. The average molecular weight is 637 g/mol. The number of aromatic nitrogens is 6. The van der Waals surface area contributed by atoms with E-state index in [4.69, 9.17) is 0 Å². The van der Waals surface area contributed by atoms with Gasteiger partial charge in [0.25, 0.3) is 0 Å². The van der Waals surface area contributed by atoms with Crippen molar-refractivity contribution in [3.8, 4) is 0 Å². The van der Waals surface area contributed by atoms with Gasteiger partial charge in [-0.25, -0.2) is 16.8 Å². The summed E-state index contributed by atoms with van der Waals surface area (Å²) in [4.78, 5) is -0.635. The van der Waals surface area contributed by atoms with Crippen LogP contribution in [0.15, 0.2) is 46.2 Å². The van der Waals surface area contributed by atoms with Gasteiger partial charge in [0.1, 0.15) is 20.2 Å². The molecule has 0 aliphatic rings. The fourth-order valence-corrected chi connectivity index (χ4v) is 2.87. The van der Waals surface area contributed by atoms with E-state index in [1.807, 2.05) is 0 Å². The molecule has 0 unspecified atom stereocenters. The summed E-state index contributed by atoms with van der Waals surface area (Å²) in [6.45, 7) is 0. The SMILES string of the molecule is O=S(=O)([O-])c1ccc2nn[n-]c2c1.O=S(=O)([O-])c1ccc2nn[n-]c2c1.[Au+3].[Na+].[Na+]. The third-order valence-electron chi connectivity index (χ3n) is 3.08. The van der Waals surface area contributed by atoms with Crippen molar-refractivity contribution in [2.45, 2.75) is 9.79 Å². The van der Waals surface area contributed by atoms with Gasteiger partial charge in [-0.05, 0) is 46.3 Å². The Kier molecular flexibility index (Phi) is 11.3. The normalized spacial score (nSPS) is 10.8. The van der Waals surface area contributed by atoms with Crippen molar-refractivity contribution in [3.05, 3.63) is 36.4 Å². The summed E-state index contributed by atoms with van der Waals surface area (Å²) >= 11 is 0. The molecule has 17 heteroatoms. The molecule has 0 atom stereocenters. The fraction of sp³-hybridized carbons (Fsp3) is 0. The Morgan fingerprint density at radius 1 is 0.690 bits per heavy atom. The molecule has 29 heavy (non-hydrogen) atoms. The van der Waals surface area contributed by atoms with Crippen LogP contribution in [0.25, 0.3) is 22.1 Å². The third kappa shape index (κ3) is 7.46. The first-order valence-corrected chi connectivity index (χ1v) is 9.40. The minimum absolute atomic E-state index is 0. The molecule has 2 aromatic heterocycles. The van der Waals surface area contributed by atoms with Gasteiger partial charge in [-0.2, -0.15) is 0 Å². The quantitative estimate of drug-likeness (QED) is 0.149. The first-order valence-electron chi connectivity index (χ1n) is 6.58. The molecule has 0 aliphatic carbocycles. The van der Waals surface area contributed by atoms with Crippen LogP contribution in [-0.4, -0.2) is 46.6 Å². The summed E-state index contributed by atoms with van der Waals surface area (Å²) in [5.74, 6) is 0. The Labute approximate surface area is 224 Å². The number of hydrogen-bond donors (Lipinski definition) is 0. The second-order valence-electron chi connectivity index (χ2n) is 4.79. The second kappa shape index (κ2) is 11.4. The molecule has 0 fully saturated rings. The Balaban J connectivity index is 0.000000490. The van der Waals surface area contributed by atoms with Gasteiger partial charge >= 0.3 is 81.5 Å². The van der Waals surface area contributed by atoms with Crippen molar-refractivity contribution in [1.29, 1.82) is 0 Å². The maximum Gasteiger partial charge on any atom is 3.00 e. The standard InChI is InChI=1S/2C6H4N3O3S.Au.2Na/c2*10-13(11,12)4-1-2-5-6(3-4)8-9-7-5;;;/h2*1-3H,(H-,7,8,9,10,11,12);;;/q2*-1;+3;2*+1/p-2. The summed E-state index contributed by atoms with van der Waals surface area (Å²) in [6, 6.07) is 7.44. The van der Waals surface area contributed by atoms with E-state index in [2.05, 4.69) is 30.8 Å². The molecule has 0 bridgehead atoms. The van der Waals surface area contributed by atoms with Gasteiger partial charge in [0.05, 0.1) is 9.79 Å². The van der Waals surface area contributed by atoms with E-state index in [1.54, 1.807) is 0 Å². The number of benzene rings is 2.